The highest BCUT2D eigenvalue weighted by Crippen LogP contribution is 2.26. The Morgan fingerprint density at radius 2 is 1.75 bits per heavy atom. The Balaban J connectivity index is 1.78. The number of anilines is 1. The van der Waals surface area contributed by atoms with Gasteiger partial charge in [0.05, 0.1) is 6.61 Å². The molecule has 0 atom stereocenters. The van der Waals surface area contributed by atoms with E-state index < -0.39 is 16.0 Å². The number of hydrogen-bond acceptors (Lipinski definition) is 5. The lowest BCUT2D eigenvalue weighted by Crippen LogP contribution is -2.48. The Morgan fingerprint density at radius 3 is 2.32 bits per heavy atom. The molecule has 0 N–H and O–H groups in total. The van der Waals surface area contributed by atoms with Gasteiger partial charge in [-0.1, -0.05) is 11.6 Å². The van der Waals surface area contributed by atoms with Crippen molar-refractivity contribution in [3.63, 3.8) is 0 Å². The summed E-state index contributed by atoms with van der Waals surface area (Å²) in [5.41, 5.74) is 1.77. The third kappa shape index (κ3) is 3.90. The Bertz CT molecular complexity index is 962. The van der Waals surface area contributed by atoms with E-state index in [1.165, 1.54) is 10.4 Å². The van der Waals surface area contributed by atoms with Gasteiger partial charge in [-0.2, -0.15) is 4.31 Å². The summed E-state index contributed by atoms with van der Waals surface area (Å²) < 4.78 is 34.4. The first-order valence-corrected chi connectivity index (χ1v) is 10.9. The molecule has 1 saturated heterocycles. The summed E-state index contributed by atoms with van der Waals surface area (Å²) in [5.74, 6) is -0.526. The molecule has 2 aromatic rings. The van der Waals surface area contributed by atoms with Gasteiger partial charge in [-0.25, -0.2) is 13.2 Å². The van der Waals surface area contributed by atoms with Gasteiger partial charge in [0.15, 0.2) is 0 Å². The van der Waals surface area contributed by atoms with Crippen molar-refractivity contribution in [2.75, 3.05) is 37.7 Å². The number of halogens is 1. The largest absolute Gasteiger partial charge is 0.461 e. The lowest BCUT2D eigenvalue weighted by atomic mass is 10.2. The van der Waals surface area contributed by atoms with Crippen LogP contribution in [0.3, 0.4) is 0 Å². The van der Waals surface area contributed by atoms with E-state index >= 15 is 0 Å². The minimum absolute atomic E-state index is 0.151. The van der Waals surface area contributed by atoms with Gasteiger partial charge in [-0.05, 0) is 44.2 Å². The molecule has 9 heteroatoms. The van der Waals surface area contributed by atoms with Crippen LogP contribution in [0.5, 0.6) is 0 Å². The van der Waals surface area contributed by atoms with E-state index in [1.807, 2.05) is 24.3 Å². The molecule has 0 amide bonds. The van der Waals surface area contributed by atoms with E-state index in [-0.39, 0.29) is 17.2 Å². The number of rotatable bonds is 5. The van der Waals surface area contributed by atoms with E-state index in [0.29, 0.717) is 36.9 Å². The fourth-order valence-corrected chi connectivity index (χ4v) is 5.13. The molecular weight excluding hydrogens is 402 g/mol. The molecule has 3 rings (SSSR count). The maximum Gasteiger partial charge on any atom is 0.354 e. The Labute approximate surface area is 170 Å². The molecular formula is C19H24ClN3O4S. The van der Waals surface area contributed by atoms with Crippen molar-refractivity contribution in [3.05, 3.63) is 46.7 Å². The number of benzene rings is 1. The van der Waals surface area contributed by atoms with Gasteiger partial charge in [-0.3, -0.25) is 0 Å². The van der Waals surface area contributed by atoms with Crippen LogP contribution in [0, 0.1) is 6.92 Å². The molecule has 0 aliphatic carbocycles. The fraction of sp³-hybridized carbons (Fsp3) is 0.421. The van der Waals surface area contributed by atoms with Crippen LogP contribution in [0.4, 0.5) is 5.69 Å². The molecule has 0 bridgehead atoms. The molecule has 0 saturated carbocycles. The Kier molecular flexibility index (Phi) is 6.02. The normalized spacial score (nSPS) is 15.6. The smallest absolute Gasteiger partial charge is 0.354 e. The second-order valence-electron chi connectivity index (χ2n) is 6.63. The van der Waals surface area contributed by atoms with E-state index in [9.17, 15) is 13.2 Å². The van der Waals surface area contributed by atoms with Gasteiger partial charge in [0.25, 0.3) is 0 Å². The zero-order chi connectivity index (χ0) is 20.5. The van der Waals surface area contributed by atoms with Gasteiger partial charge in [-0.15, -0.1) is 0 Å². The van der Waals surface area contributed by atoms with Gasteiger partial charge < -0.3 is 14.2 Å². The number of piperazine rings is 1. The summed E-state index contributed by atoms with van der Waals surface area (Å²) in [6.07, 6.45) is 0. The first-order valence-electron chi connectivity index (χ1n) is 9.09. The number of nitrogens with zero attached hydrogens (tertiary/aromatic N) is 3. The van der Waals surface area contributed by atoms with Crippen LogP contribution in [0.2, 0.25) is 5.02 Å². The molecule has 1 aliphatic heterocycles. The number of aromatic nitrogens is 1. The molecule has 1 aromatic heterocycles. The highest BCUT2D eigenvalue weighted by molar-refractivity contribution is 7.89. The van der Waals surface area contributed by atoms with Gasteiger partial charge in [0.1, 0.15) is 10.6 Å². The van der Waals surface area contributed by atoms with Crippen molar-refractivity contribution in [2.45, 2.75) is 18.7 Å². The molecule has 152 valence electrons. The molecule has 1 aromatic carbocycles. The average Bonchev–Trinajstić information content (AvgIpc) is 2.98. The summed E-state index contributed by atoms with van der Waals surface area (Å²) in [6.45, 7) is 5.54. The molecule has 7 nitrogen and oxygen atoms in total. The predicted octanol–water partition coefficient (Wildman–Crippen LogP) is 2.67. The fourth-order valence-electron chi connectivity index (χ4n) is 3.31. The second-order valence-corrected chi connectivity index (χ2v) is 8.97. The van der Waals surface area contributed by atoms with Crippen molar-refractivity contribution in [3.8, 4) is 0 Å². The van der Waals surface area contributed by atoms with E-state index in [0.717, 1.165) is 5.69 Å². The number of carbonyl (C=O) groups is 1. The first kappa shape index (κ1) is 20.7. The van der Waals surface area contributed by atoms with Gasteiger partial charge >= 0.3 is 5.97 Å². The summed E-state index contributed by atoms with van der Waals surface area (Å²) >= 11 is 5.93. The van der Waals surface area contributed by atoms with Crippen molar-refractivity contribution < 1.29 is 17.9 Å². The number of hydrogen-bond donors (Lipinski definition) is 0. The van der Waals surface area contributed by atoms with Crippen LogP contribution in [0.25, 0.3) is 0 Å². The van der Waals surface area contributed by atoms with E-state index in [2.05, 4.69) is 4.90 Å². The number of esters is 1. The monoisotopic (exact) mass is 425 g/mol. The third-order valence-electron chi connectivity index (χ3n) is 5.02. The summed E-state index contributed by atoms with van der Waals surface area (Å²) in [7, 11) is -2.03. The molecule has 2 heterocycles. The van der Waals surface area contributed by atoms with Crippen LogP contribution in [-0.2, 0) is 21.8 Å². The van der Waals surface area contributed by atoms with Crippen molar-refractivity contribution >= 4 is 33.3 Å². The van der Waals surface area contributed by atoms with Crippen molar-refractivity contribution in [1.82, 2.24) is 8.87 Å². The highest BCUT2D eigenvalue weighted by Gasteiger charge is 2.32. The van der Waals surface area contributed by atoms with Crippen LogP contribution in [-0.4, -0.2) is 56.0 Å². The molecule has 1 aliphatic rings. The Hall–Kier alpha value is -2.03. The first-order chi connectivity index (χ1) is 13.3. The number of carbonyl (C=O) groups excluding carboxylic acids is 1. The third-order valence-corrected chi connectivity index (χ3v) is 7.29. The lowest BCUT2D eigenvalue weighted by molar-refractivity contribution is 0.0515. The maximum absolute atomic E-state index is 13.2. The lowest BCUT2D eigenvalue weighted by Gasteiger charge is -2.35. The Morgan fingerprint density at radius 1 is 1.14 bits per heavy atom. The topological polar surface area (TPSA) is 71.8 Å². The van der Waals surface area contributed by atoms with Crippen LogP contribution in [0.1, 0.15) is 23.1 Å². The van der Waals surface area contributed by atoms with Crippen LogP contribution in [0.15, 0.2) is 35.2 Å². The molecule has 0 radical (unpaired) electrons. The number of sulfonamides is 1. The number of ether oxygens (including phenoxy) is 1. The van der Waals surface area contributed by atoms with Crippen molar-refractivity contribution in [2.24, 2.45) is 7.05 Å². The maximum atomic E-state index is 13.2. The second kappa shape index (κ2) is 8.14. The highest BCUT2D eigenvalue weighted by atomic mass is 35.5. The molecule has 0 unspecified atom stereocenters. The van der Waals surface area contributed by atoms with Gasteiger partial charge in [0.2, 0.25) is 10.0 Å². The standard InChI is InChI=1S/C19H24ClN3O4S/c1-4-27-19(24)17-13-18(14(2)21(17)3)28(25,26)23-11-9-22(10-12-23)16-7-5-15(20)6-8-16/h5-8,13H,4,9-12H2,1-3H3. The van der Waals surface area contributed by atoms with Crippen LogP contribution < -0.4 is 4.90 Å². The predicted molar refractivity (Wildman–Crippen MR) is 109 cm³/mol. The minimum Gasteiger partial charge on any atom is -0.461 e. The SMILES string of the molecule is CCOC(=O)c1cc(S(=O)(=O)N2CCN(c3ccc(Cl)cc3)CC2)c(C)n1C. The average molecular weight is 426 g/mol. The zero-order valence-electron chi connectivity index (χ0n) is 16.2. The van der Waals surface area contributed by atoms with Gasteiger partial charge in [0, 0.05) is 49.6 Å². The minimum atomic E-state index is -3.70. The molecule has 1 fully saturated rings. The van der Waals surface area contributed by atoms with Crippen molar-refractivity contribution in [1.29, 1.82) is 0 Å². The van der Waals surface area contributed by atoms with E-state index in [4.69, 9.17) is 16.3 Å². The quantitative estimate of drug-likeness (QED) is 0.689. The summed E-state index contributed by atoms with van der Waals surface area (Å²) in [5, 5.41) is 0.668. The molecule has 28 heavy (non-hydrogen) atoms. The summed E-state index contributed by atoms with van der Waals surface area (Å²) in [6, 6.07) is 8.92. The summed E-state index contributed by atoms with van der Waals surface area (Å²) in [4.78, 5) is 14.4. The van der Waals surface area contributed by atoms with E-state index in [1.54, 1.807) is 25.5 Å². The molecule has 0 spiro atoms. The van der Waals surface area contributed by atoms with Crippen LogP contribution >= 0.6 is 11.6 Å². The zero-order valence-corrected chi connectivity index (χ0v) is 17.8.